The van der Waals surface area contributed by atoms with Gasteiger partial charge in [0.2, 0.25) is 11.6 Å². The van der Waals surface area contributed by atoms with E-state index >= 15 is 0 Å². The minimum Gasteiger partial charge on any atom is -0.507 e. The van der Waals surface area contributed by atoms with Crippen LogP contribution in [0.5, 0.6) is 0 Å². The molecular weight excluding hydrogens is 304 g/mol. The summed E-state index contributed by atoms with van der Waals surface area (Å²) >= 11 is 0. The first-order chi connectivity index (χ1) is 11.3. The molecule has 1 aromatic rings. The summed E-state index contributed by atoms with van der Waals surface area (Å²) in [5.74, 6) is -2.49. The van der Waals surface area contributed by atoms with E-state index in [0.29, 0.717) is 18.3 Å². The lowest BCUT2D eigenvalue weighted by molar-refractivity contribution is -0.115. The first kappa shape index (κ1) is 17.9. The zero-order valence-electron chi connectivity index (χ0n) is 14.5. The van der Waals surface area contributed by atoms with E-state index in [9.17, 15) is 19.5 Å². The number of aliphatic hydroxyl groups is 1. The van der Waals surface area contributed by atoms with Gasteiger partial charge in [0.05, 0.1) is 5.57 Å². The van der Waals surface area contributed by atoms with Crippen molar-refractivity contribution in [1.29, 1.82) is 0 Å². The van der Waals surface area contributed by atoms with E-state index in [2.05, 4.69) is 6.08 Å². The van der Waals surface area contributed by atoms with Crippen molar-refractivity contribution in [2.24, 2.45) is 5.92 Å². The van der Waals surface area contributed by atoms with Crippen molar-refractivity contribution in [3.05, 3.63) is 51.6 Å². The molecular formula is C20H22O4. The number of carbonyl (C=O) groups excluding carboxylic acids is 3. The van der Waals surface area contributed by atoms with E-state index in [4.69, 9.17) is 0 Å². The molecule has 1 atom stereocenters. The fraction of sp³-hybridized carbons (Fsp3) is 0.350. The van der Waals surface area contributed by atoms with Gasteiger partial charge >= 0.3 is 0 Å². The molecule has 0 bridgehead atoms. The highest BCUT2D eigenvalue weighted by Crippen LogP contribution is 2.34. The number of carbonyl (C=O) groups is 3. The molecule has 0 saturated carbocycles. The van der Waals surface area contributed by atoms with E-state index in [-0.39, 0.29) is 16.9 Å². The molecule has 0 fully saturated rings. The summed E-state index contributed by atoms with van der Waals surface area (Å²) in [6, 6.07) is 3.48. The summed E-state index contributed by atoms with van der Waals surface area (Å²) < 4.78 is 0. The maximum absolute atomic E-state index is 12.6. The molecule has 0 spiro atoms. The van der Waals surface area contributed by atoms with E-state index in [0.717, 1.165) is 17.5 Å². The zero-order valence-corrected chi connectivity index (χ0v) is 14.5. The largest absolute Gasteiger partial charge is 0.507 e. The minimum absolute atomic E-state index is 0.110. The lowest BCUT2D eigenvalue weighted by Crippen LogP contribution is -2.29. The lowest BCUT2D eigenvalue weighted by atomic mass is 9.79. The van der Waals surface area contributed by atoms with Crippen molar-refractivity contribution < 1.29 is 19.5 Å². The number of benzene rings is 1. The Morgan fingerprint density at radius 1 is 1.21 bits per heavy atom. The molecule has 0 aliphatic heterocycles. The van der Waals surface area contributed by atoms with E-state index < -0.39 is 17.5 Å². The van der Waals surface area contributed by atoms with Crippen LogP contribution in [0.2, 0.25) is 0 Å². The molecule has 0 heterocycles. The third-order valence-corrected chi connectivity index (χ3v) is 4.34. The summed E-state index contributed by atoms with van der Waals surface area (Å²) in [5, 5.41) is 10.5. The number of aryl methyl sites for hydroxylation is 1. The highest BCUT2D eigenvalue weighted by atomic mass is 16.3. The van der Waals surface area contributed by atoms with Crippen molar-refractivity contribution in [3.8, 4) is 0 Å². The van der Waals surface area contributed by atoms with Crippen molar-refractivity contribution in [2.75, 3.05) is 0 Å². The summed E-state index contributed by atoms with van der Waals surface area (Å²) in [6.07, 6.45) is 4.00. The zero-order chi connectivity index (χ0) is 18.0. The second kappa shape index (κ2) is 6.95. The number of aldehydes is 1. The lowest BCUT2D eigenvalue weighted by Gasteiger charge is -2.23. The predicted octanol–water partition coefficient (Wildman–Crippen LogP) is 3.76. The van der Waals surface area contributed by atoms with Crippen LogP contribution in [-0.4, -0.2) is 23.0 Å². The van der Waals surface area contributed by atoms with Crippen molar-refractivity contribution in [2.45, 2.75) is 40.5 Å². The molecule has 0 amide bonds. The Bertz CT molecular complexity index is 777. The van der Waals surface area contributed by atoms with Crippen LogP contribution >= 0.6 is 0 Å². The molecule has 1 aromatic carbocycles. The van der Waals surface area contributed by atoms with Crippen LogP contribution in [0.1, 0.15) is 54.2 Å². The van der Waals surface area contributed by atoms with Crippen molar-refractivity contribution in [1.82, 2.24) is 0 Å². The number of aliphatic hydroxyl groups excluding tert-OH is 1. The predicted molar refractivity (Wildman–Crippen MR) is 93.0 cm³/mol. The maximum atomic E-state index is 12.6. The van der Waals surface area contributed by atoms with E-state index in [1.165, 1.54) is 12.5 Å². The van der Waals surface area contributed by atoms with Crippen LogP contribution in [-0.2, 0) is 16.0 Å². The van der Waals surface area contributed by atoms with Gasteiger partial charge in [-0.05, 0) is 44.7 Å². The van der Waals surface area contributed by atoms with Gasteiger partial charge in [-0.2, -0.15) is 0 Å². The van der Waals surface area contributed by atoms with Crippen molar-refractivity contribution >= 4 is 23.6 Å². The van der Waals surface area contributed by atoms with Gasteiger partial charge in [0.15, 0.2) is 0 Å². The van der Waals surface area contributed by atoms with Gasteiger partial charge in [-0.15, -0.1) is 0 Å². The Morgan fingerprint density at radius 2 is 1.88 bits per heavy atom. The van der Waals surface area contributed by atoms with E-state index in [1.807, 2.05) is 26.8 Å². The standard InChI is InChI=1S/C20H22O4/c1-11(2)6-5-7-14-12(3)8-9-15-17(14)20(24)19(23)16(18(15)22)13(4)10-21/h6,8-10,13,22H,5,7H2,1-4H3. The molecule has 0 radical (unpaired) electrons. The molecule has 4 nitrogen and oxygen atoms in total. The molecule has 0 saturated heterocycles. The Kier molecular flexibility index (Phi) is 5.17. The Morgan fingerprint density at radius 3 is 2.46 bits per heavy atom. The normalized spacial score (nSPS) is 15.2. The average Bonchev–Trinajstić information content (AvgIpc) is 2.53. The molecule has 2 rings (SSSR count). The molecule has 126 valence electrons. The smallest absolute Gasteiger partial charge is 0.234 e. The van der Waals surface area contributed by atoms with Crippen LogP contribution in [0.4, 0.5) is 0 Å². The summed E-state index contributed by atoms with van der Waals surface area (Å²) in [5.41, 5.74) is 3.40. The van der Waals surface area contributed by atoms with Crippen LogP contribution in [0, 0.1) is 12.8 Å². The highest BCUT2D eigenvalue weighted by Gasteiger charge is 2.37. The van der Waals surface area contributed by atoms with Gasteiger partial charge in [0, 0.05) is 17.0 Å². The third-order valence-electron chi connectivity index (χ3n) is 4.34. The first-order valence-corrected chi connectivity index (χ1v) is 8.03. The summed E-state index contributed by atoms with van der Waals surface area (Å²) in [6.45, 7) is 7.40. The second-order valence-corrected chi connectivity index (χ2v) is 6.45. The topological polar surface area (TPSA) is 71.4 Å². The monoisotopic (exact) mass is 326 g/mol. The van der Waals surface area contributed by atoms with Crippen LogP contribution < -0.4 is 0 Å². The number of allylic oxidation sites excluding steroid dienone is 3. The summed E-state index contributed by atoms with van der Waals surface area (Å²) in [4.78, 5) is 36.1. The molecule has 1 N–H and O–H groups in total. The van der Waals surface area contributed by atoms with Gasteiger partial charge in [0.1, 0.15) is 12.0 Å². The minimum atomic E-state index is -0.815. The SMILES string of the molecule is CC(C)=CCCc1c(C)ccc2c1C(=O)C(=O)C(C(C)C=O)=C2O. The van der Waals surface area contributed by atoms with E-state index in [1.54, 1.807) is 6.07 Å². The number of fused-ring (bicyclic) bond motifs is 1. The molecule has 1 aliphatic rings. The van der Waals surface area contributed by atoms with Gasteiger partial charge in [-0.25, -0.2) is 0 Å². The second-order valence-electron chi connectivity index (χ2n) is 6.45. The molecule has 4 heteroatoms. The third kappa shape index (κ3) is 3.09. The quantitative estimate of drug-likeness (QED) is 0.508. The van der Waals surface area contributed by atoms with Gasteiger partial charge in [-0.1, -0.05) is 30.7 Å². The van der Waals surface area contributed by atoms with Crippen LogP contribution in [0.3, 0.4) is 0 Å². The fourth-order valence-corrected chi connectivity index (χ4v) is 3.01. The van der Waals surface area contributed by atoms with Crippen LogP contribution in [0.25, 0.3) is 5.76 Å². The first-order valence-electron chi connectivity index (χ1n) is 8.03. The number of hydrogen-bond acceptors (Lipinski definition) is 4. The van der Waals surface area contributed by atoms with Crippen LogP contribution in [0.15, 0.2) is 29.4 Å². The van der Waals surface area contributed by atoms with Gasteiger partial charge in [0.25, 0.3) is 0 Å². The molecule has 24 heavy (non-hydrogen) atoms. The maximum Gasteiger partial charge on any atom is 0.234 e. The average molecular weight is 326 g/mol. The van der Waals surface area contributed by atoms with Gasteiger partial charge in [-0.3, -0.25) is 9.59 Å². The molecule has 1 aliphatic carbocycles. The molecule has 1 unspecified atom stereocenters. The number of Topliss-reactive ketones (excluding diaryl/α,β-unsaturated/α-hetero) is 2. The van der Waals surface area contributed by atoms with Gasteiger partial charge < -0.3 is 9.90 Å². The Balaban J connectivity index is 2.62. The fourth-order valence-electron chi connectivity index (χ4n) is 3.01. The van der Waals surface area contributed by atoms with Crippen molar-refractivity contribution in [3.63, 3.8) is 0 Å². The Hall–Kier alpha value is -2.49. The number of hydrogen-bond donors (Lipinski definition) is 1. The molecule has 0 aromatic heterocycles. The Labute approximate surface area is 141 Å². The number of rotatable bonds is 5. The highest BCUT2D eigenvalue weighted by molar-refractivity contribution is 6.52. The number of ketones is 2. The summed E-state index contributed by atoms with van der Waals surface area (Å²) in [7, 11) is 0.